The van der Waals surface area contributed by atoms with Gasteiger partial charge in [0, 0.05) is 17.8 Å². The van der Waals surface area contributed by atoms with Crippen molar-refractivity contribution in [3.63, 3.8) is 0 Å². The summed E-state index contributed by atoms with van der Waals surface area (Å²) in [6.45, 7) is 3.83. The maximum absolute atomic E-state index is 14.0. The molecule has 2 aromatic rings. The number of ether oxygens (including phenoxy) is 1. The van der Waals surface area contributed by atoms with Gasteiger partial charge in [-0.05, 0) is 32.0 Å². The van der Waals surface area contributed by atoms with Crippen molar-refractivity contribution >= 4 is 5.69 Å². The molecule has 0 fully saturated rings. The van der Waals surface area contributed by atoms with Crippen molar-refractivity contribution in [3.8, 4) is 5.75 Å². The number of benzene rings is 1. The highest BCUT2D eigenvalue weighted by Crippen LogP contribution is 2.25. The minimum absolute atomic E-state index is 0.145. The van der Waals surface area contributed by atoms with E-state index in [1.54, 1.807) is 18.3 Å². The summed E-state index contributed by atoms with van der Waals surface area (Å²) in [6.07, 6.45) is 1.74. The van der Waals surface area contributed by atoms with Gasteiger partial charge in [-0.3, -0.25) is 4.98 Å². The molecule has 0 bridgehead atoms. The summed E-state index contributed by atoms with van der Waals surface area (Å²) in [5, 5.41) is 3.26. The molecule has 100 valence electrons. The fourth-order valence-corrected chi connectivity index (χ4v) is 1.93. The van der Waals surface area contributed by atoms with Crippen LogP contribution in [-0.4, -0.2) is 12.1 Å². The van der Waals surface area contributed by atoms with Crippen LogP contribution in [0.5, 0.6) is 5.75 Å². The maximum Gasteiger partial charge on any atom is 0.132 e. The van der Waals surface area contributed by atoms with E-state index in [1.807, 2.05) is 26.0 Å². The van der Waals surface area contributed by atoms with Gasteiger partial charge in [0.15, 0.2) is 0 Å². The SMILES string of the molecule is COc1ccc(C(C)Nc2cccnc2C)c(F)c1. The number of hydrogen-bond acceptors (Lipinski definition) is 3. The monoisotopic (exact) mass is 260 g/mol. The number of nitrogens with zero attached hydrogens (tertiary/aromatic N) is 1. The molecule has 3 nitrogen and oxygen atoms in total. The van der Waals surface area contributed by atoms with Gasteiger partial charge < -0.3 is 10.1 Å². The van der Waals surface area contributed by atoms with Crippen molar-refractivity contribution in [2.75, 3.05) is 12.4 Å². The van der Waals surface area contributed by atoms with E-state index < -0.39 is 0 Å². The van der Waals surface area contributed by atoms with E-state index in [4.69, 9.17) is 4.74 Å². The molecule has 0 saturated carbocycles. The Balaban J connectivity index is 2.21. The molecule has 2 rings (SSSR count). The lowest BCUT2D eigenvalue weighted by atomic mass is 10.1. The van der Waals surface area contributed by atoms with Gasteiger partial charge in [-0.25, -0.2) is 4.39 Å². The second kappa shape index (κ2) is 5.69. The molecular weight excluding hydrogens is 243 g/mol. The second-order valence-corrected chi connectivity index (χ2v) is 4.39. The van der Waals surface area contributed by atoms with Crippen molar-refractivity contribution < 1.29 is 9.13 Å². The summed E-state index contributed by atoms with van der Waals surface area (Å²) in [7, 11) is 1.52. The third-order valence-corrected chi connectivity index (χ3v) is 3.05. The zero-order chi connectivity index (χ0) is 13.8. The van der Waals surface area contributed by atoms with Gasteiger partial charge in [-0.1, -0.05) is 6.07 Å². The molecule has 0 aliphatic rings. The lowest BCUT2D eigenvalue weighted by Gasteiger charge is -2.17. The van der Waals surface area contributed by atoms with E-state index in [2.05, 4.69) is 10.3 Å². The molecule has 1 heterocycles. The van der Waals surface area contributed by atoms with Crippen molar-refractivity contribution in [3.05, 3.63) is 53.6 Å². The Morgan fingerprint density at radius 3 is 2.74 bits per heavy atom. The van der Waals surface area contributed by atoms with Gasteiger partial charge in [-0.15, -0.1) is 0 Å². The Morgan fingerprint density at radius 1 is 1.32 bits per heavy atom. The highest BCUT2D eigenvalue weighted by atomic mass is 19.1. The quantitative estimate of drug-likeness (QED) is 0.910. The van der Waals surface area contributed by atoms with Crippen LogP contribution in [0, 0.1) is 12.7 Å². The van der Waals surface area contributed by atoms with Crippen LogP contribution in [0.4, 0.5) is 10.1 Å². The third kappa shape index (κ3) is 3.02. The minimum atomic E-state index is -0.277. The van der Waals surface area contributed by atoms with Crippen molar-refractivity contribution in [2.24, 2.45) is 0 Å². The molecule has 0 aliphatic carbocycles. The molecule has 1 aromatic heterocycles. The Bertz CT molecular complexity index is 572. The van der Waals surface area contributed by atoms with Crippen LogP contribution < -0.4 is 10.1 Å². The molecular formula is C15H17FN2O. The molecule has 19 heavy (non-hydrogen) atoms. The molecule has 0 spiro atoms. The van der Waals surface area contributed by atoms with E-state index in [-0.39, 0.29) is 11.9 Å². The molecule has 0 aliphatic heterocycles. The average Bonchev–Trinajstić information content (AvgIpc) is 2.41. The van der Waals surface area contributed by atoms with Crippen molar-refractivity contribution in [2.45, 2.75) is 19.9 Å². The largest absolute Gasteiger partial charge is 0.497 e. The Labute approximate surface area is 112 Å². The number of pyridine rings is 1. The number of methoxy groups -OCH3 is 1. The lowest BCUT2D eigenvalue weighted by Crippen LogP contribution is -2.10. The van der Waals surface area contributed by atoms with Crippen molar-refractivity contribution in [1.29, 1.82) is 0 Å². The van der Waals surface area contributed by atoms with Crippen molar-refractivity contribution in [1.82, 2.24) is 4.98 Å². The predicted molar refractivity (Wildman–Crippen MR) is 74.0 cm³/mol. The zero-order valence-corrected chi connectivity index (χ0v) is 11.3. The molecule has 4 heteroatoms. The van der Waals surface area contributed by atoms with E-state index in [9.17, 15) is 4.39 Å². The van der Waals surface area contributed by atoms with Crippen LogP contribution in [0.25, 0.3) is 0 Å². The molecule has 1 aromatic carbocycles. The zero-order valence-electron chi connectivity index (χ0n) is 11.3. The number of hydrogen-bond donors (Lipinski definition) is 1. The van der Waals surface area contributed by atoms with E-state index in [1.165, 1.54) is 13.2 Å². The second-order valence-electron chi connectivity index (χ2n) is 4.39. The average molecular weight is 260 g/mol. The van der Waals surface area contributed by atoms with Gasteiger partial charge >= 0.3 is 0 Å². The Hall–Kier alpha value is -2.10. The van der Waals surface area contributed by atoms with E-state index in [0.29, 0.717) is 11.3 Å². The summed E-state index contributed by atoms with van der Waals surface area (Å²) >= 11 is 0. The number of aromatic nitrogens is 1. The molecule has 0 radical (unpaired) electrons. The normalized spacial score (nSPS) is 12.0. The van der Waals surface area contributed by atoms with Crippen LogP contribution >= 0.6 is 0 Å². The fourth-order valence-electron chi connectivity index (χ4n) is 1.93. The van der Waals surface area contributed by atoms with Crippen LogP contribution in [0.3, 0.4) is 0 Å². The molecule has 0 saturated heterocycles. The van der Waals surface area contributed by atoms with E-state index >= 15 is 0 Å². The number of nitrogens with one attached hydrogen (secondary N) is 1. The maximum atomic E-state index is 14.0. The molecule has 1 unspecified atom stereocenters. The van der Waals surface area contributed by atoms with Crippen LogP contribution in [0.15, 0.2) is 36.5 Å². The fraction of sp³-hybridized carbons (Fsp3) is 0.267. The van der Waals surface area contributed by atoms with Crippen LogP contribution in [0.2, 0.25) is 0 Å². The number of halogens is 1. The Morgan fingerprint density at radius 2 is 2.11 bits per heavy atom. The Kier molecular flexibility index (Phi) is 4.00. The highest BCUT2D eigenvalue weighted by Gasteiger charge is 2.12. The summed E-state index contributed by atoms with van der Waals surface area (Å²) in [5.74, 6) is 0.243. The standard InChI is InChI=1S/C15H17FN2O/c1-10(18-15-5-4-8-17-11(15)2)13-7-6-12(19-3)9-14(13)16/h4-10,18H,1-3H3. The van der Waals surface area contributed by atoms with E-state index in [0.717, 1.165) is 11.4 Å². The highest BCUT2D eigenvalue weighted by molar-refractivity contribution is 5.49. The van der Waals surface area contributed by atoms with Gasteiger partial charge in [-0.2, -0.15) is 0 Å². The third-order valence-electron chi connectivity index (χ3n) is 3.05. The number of aryl methyl sites for hydroxylation is 1. The van der Waals surface area contributed by atoms with Gasteiger partial charge in [0.2, 0.25) is 0 Å². The first-order valence-electron chi connectivity index (χ1n) is 6.13. The van der Waals surface area contributed by atoms with Gasteiger partial charge in [0.25, 0.3) is 0 Å². The predicted octanol–water partition coefficient (Wildman–Crippen LogP) is 3.71. The molecule has 0 amide bonds. The summed E-state index contributed by atoms with van der Waals surface area (Å²) in [4.78, 5) is 4.20. The summed E-state index contributed by atoms with van der Waals surface area (Å²) < 4.78 is 19.0. The van der Waals surface area contributed by atoms with Crippen LogP contribution in [0.1, 0.15) is 24.2 Å². The minimum Gasteiger partial charge on any atom is -0.497 e. The van der Waals surface area contributed by atoms with Crippen LogP contribution in [-0.2, 0) is 0 Å². The first kappa shape index (κ1) is 13.3. The molecule has 1 atom stereocenters. The van der Waals surface area contributed by atoms with Gasteiger partial charge in [0.1, 0.15) is 11.6 Å². The first-order chi connectivity index (χ1) is 9.11. The first-order valence-corrected chi connectivity index (χ1v) is 6.13. The lowest BCUT2D eigenvalue weighted by molar-refractivity contribution is 0.410. The smallest absolute Gasteiger partial charge is 0.132 e. The number of rotatable bonds is 4. The topological polar surface area (TPSA) is 34.1 Å². The van der Waals surface area contributed by atoms with Gasteiger partial charge in [0.05, 0.1) is 24.5 Å². The summed E-state index contributed by atoms with van der Waals surface area (Å²) in [5.41, 5.74) is 2.40. The number of anilines is 1. The molecule has 1 N–H and O–H groups in total. The summed E-state index contributed by atoms with van der Waals surface area (Å²) in [6, 6.07) is 8.52.